The summed E-state index contributed by atoms with van der Waals surface area (Å²) in [4.78, 5) is 0. The van der Waals surface area contributed by atoms with Gasteiger partial charge in [-0.25, -0.2) is 0 Å². The molecule has 46 valence electrons. The van der Waals surface area contributed by atoms with Crippen molar-refractivity contribution < 1.29 is 10.2 Å². The average Bonchev–Trinajstić information content (AvgIpc) is 1.66. The number of aliphatic hydroxyl groups excluding tert-OH is 1. The topological polar surface area (TPSA) is 40.5 Å². The Balaban J connectivity index is 3.05. The van der Waals surface area contributed by atoms with Crippen molar-refractivity contribution in [2.75, 3.05) is 0 Å². The van der Waals surface area contributed by atoms with Crippen molar-refractivity contribution in [3.8, 4) is 0 Å². The van der Waals surface area contributed by atoms with Crippen molar-refractivity contribution in [2.24, 2.45) is 0 Å². The molecule has 2 nitrogen and oxygen atoms in total. The maximum absolute atomic E-state index is 8.27. The number of rotatable bonds is 3. The van der Waals surface area contributed by atoms with Gasteiger partial charge in [0.05, 0.1) is 0 Å². The second kappa shape index (κ2) is 4.60. The van der Waals surface area contributed by atoms with E-state index >= 15 is 0 Å². The molecule has 0 spiro atoms. The monoisotopic (exact) mass is 114 g/mol. The fourth-order valence-electron chi connectivity index (χ4n) is 0.334. The van der Waals surface area contributed by atoms with Crippen LogP contribution in [0.15, 0.2) is 18.4 Å². The fraction of sp³-hybridized carbons (Fsp3) is 0.500. The van der Waals surface area contributed by atoms with Crippen LogP contribution < -0.4 is 0 Å². The number of hydrogen-bond acceptors (Lipinski definition) is 2. The lowest BCUT2D eigenvalue weighted by molar-refractivity contribution is -0.0442. The highest BCUT2D eigenvalue weighted by Gasteiger charge is 1.91. The van der Waals surface area contributed by atoms with E-state index in [0.717, 1.165) is 0 Å². The second-order valence-electron chi connectivity index (χ2n) is 1.47. The van der Waals surface area contributed by atoms with E-state index < -0.39 is 6.29 Å². The first kappa shape index (κ1) is 7.44. The molecule has 0 saturated carbocycles. The average molecular weight is 114 g/mol. The summed E-state index contributed by atoms with van der Waals surface area (Å²) in [7, 11) is 0. The first-order valence-corrected chi connectivity index (χ1v) is 2.48. The van der Waals surface area contributed by atoms with E-state index in [0.29, 0.717) is 12.8 Å². The molecule has 2 heteroatoms. The van der Waals surface area contributed by atoms with Gasteiger partial charge in [-0.3, -0.25) is 0 Å². The zero-order chi connectivity index (χ0) is 6.41. The van der Waals surface area contributed by atoms with Gasteiger partial charge in [-0.1, -0.05) is 6.58 Å². The lowest BCUT2D eigenvalue weighted by atomic mass is 10.3. The largest absolute Gasteiger partial charge is 0.368 e. The summed E-state index contributed by atoms with van der Waals surface area (Å²) in [5.74, 6) is 0. The van der Waals surface area contributed by atoms with Crippen LogP contribution in [0.3, 0.4) is 0 Å². The lowest BCUT2D eigenvalue weighted by Gasteiger charge is -1.95. The van der Waals surface area contributed by atoms with E-state index in [1.165, 1.54) is 0 Å². The maximum atomic E-state index is 8.27. The predicted molar refractivity (Wildman–Crippen MR) is 31.2 cm³/mol. The van der Waals surface area contributed by atoms with Crippen LogP contribution in [0.1, 0.15) is 12.8 Å². The number of hydrogen-bond donors (Lipinski definition) is 2. The SMILES string of the molecule is C=C=CCCC(O)O. The van der Waals surface area contributed by atoms with Gasteiger partial charge in [-0.2, -0.15) is 0 Å². The van der Waals surface area contributed by atoms with E-state index in [4.69, 9.17) is 10.2 Å². The van der Waals surface area contributed by atoms with E-state index in [2.05, 4.69) is 12.3 Å². The standard InChI is InChI=1S/C6H10O2/c1-2-3-4-5-6(7)8/h3,6-8H,1,4-5H2. The Bertz CT molecular complexity index is 90.7. The maximum Gasteiger partial charge on any atom is 0.151 e. The quantitative estimate of drug-likeness (QED) is 0.412. The normalized spacial score (nSPS) is 8.88. The number of allylic oxidation sites excluding steroid dienone is 1. The van der Waals surface area contributed by atoms with E-state index in [1.807, 2.05) is 0 Å². The van der Waals surface area contributed by atoms with Gasteiger partial charge in [0, 0.05) is 6.42 Å². The molecule has 0 aromatic carbocycles. The Morgan fingerprint density at radius 3 is 2.62 bits per heavy atom. The van der Waals surface area contributed by atoms with Gasteiger partial charge in [0.15, 0.2) is 6.29 Å². The molecule has 0 heterocycles. The van der Waals surface area contributed by atoms with Crippen molar-refractivity contribution >= 4 is 0 Å². The van der Waals surface area contributed by atoms with Gasteiger partial charge in [0.25, 0.3) is 0 Å². The molecule has 0 radical (unpaired) electrons. The summed E-state index contributed by atoms with van der Waals surface area (Å²) in [6.45, 7) is 3.31. The molecule has 0 aromatic rings. The zero-order valence-electron chi connectivity index (χ0n) is 4.67. The summed E-state index contributed by atoms with van der Waals surface area (Å²) in [6, 6.07) is 0. The van der Waals surface area contributed by atoms with Crippen molar-refractivity contribution in [2.45, 2.75) is 19.1 Å². The summed E-state index contributed by atoms with van der Waals surface area (Å²) >= 11 is 0. The van der Waals surface area contributed by atoms with Gasteiger partial charge in [-0.05, 0) is 12.5 Å². The minimum absolute atomic E-state index is 0.364. The highest BCUT2D eigenvalue weighted by atomic mass is 16.5. The molecule has 0 rings (SSSR count). The van der Waals surface area contributed by atoms with Gasteiger partial charge < -0.3 is 10.2 Å². The Hall–Kier alpha value is -0.560. The number of aliphatic hydroxyl groups is 2. The first-order chi connectivity index (χ1) is 3.77. The molecule has 0 bridgehead atoms. The predicted octanol–water partition coefficient (Wildman–Crippen LogP) is 0.418. The molecule has 0 saturated heterocycles. The molecular weight excluding hydrogens is 104 g/mol. The van der Waals surface area contributed by atoms with Crippen LogP contribution in [0.2, 0.25) is 0 Å². The molecule has 0 aromatic heterocycles. The summed E-state index contributed by atoms with van der Waals surface area (Å²) < 4.78 is 0. The second-order valence-corrected chi connectivity index (χ2v) is 1.47. The minimum atomic E-state index is -1.19. The van der Waals surface area contributed by atoms with Crippen molar-refractivity contribution in [1.29, 1.82) is 0 Å². The van der Waals surface area contributed by atoms with Crippen molar-refractivity contribution in [1.82, 2.24) is 0 Å². The third-order valence-corrected chi connectivity index (χ3v) is 0.714. The van der Waals surface area contributed by atoms with E-state index in [-0.39, 0.29) is 0 Å². The molecule has 0 unspecified atom stereocenters. The highest BCUT2D eigenvalue weighted by molar-refractivity contribution is 4.75. The van der Waals surface area contributed by atoms with E-state index in [9.17, 15) is 0 Å². The lowest BCUT2D eigenvalue weighted by Crippen LogP contribution is -2.01. The molecule has 0 aliphatic rings. The van der Waals surface area contributed by atoms with Crippen LogP contribution in [0.25, 0.3) is 0 Å². The Morgan fingerprint density at radius 2 is 2.25 bits per heavy atom. The zero-order valence-corrected chi connectivity index (χ0v) is 4.67. The molecule has 0 fully saturated rings. The van der Waals surface area contributed by atoms with Crippen molar-refractivity contribution in [3.63, 3.8) is 0 Å². The van der Waals surface area contributed by atoms with Gasteiger partial charge >= 0.3 is 0 Å². The molecule has 0 aliphatic carbocycles. The van der Waals surface area contributed by atoms with Crippen LogP contribution in [-0.4, -0.2) is 16.5 Å². The third-order valence-electron chi connectivity index (χ3n) is 0.714. The van der Waals surface area contributed by atoms with Crippen LogP contribution in [0.5, 0.6) is 0 Å². The van der Waals surface area contributed by atoms with Crippen LogP contribution >= 0.6 is 0 Å². The summed E-state index contributed by atoms with van der Waals surface area (Å²) in [6.07, 6.45) is 1.46. The molecule has 2 N–H and O–H groups in total. The summed E-state index contributed by atoms with van der Waals surface area (Å²) in [5.41, 5.74) is 2.53. The van der Waals surface area contributed by atoms with E-state index in [1.54, 1.807) is 6.08 Å². The molecule has 8 heavy (non-hydrogen) atoms. The Labute approximate surface area is 48.8 Å². The van der Waals surface area contributed by atoms with Gasteiger partial charge in [-0.15, -0.1) is 5.73 Å². The van der Waals surface area contributed by atoms with Crippen LogP contribution in [0.4, 0.5) is 0 Å². The molecule has 0 amide bonds. The first-order valence-electron chi connectivity index (χ1n) is 2.48. The van der Waals surface area contributed by atoms with Crippen LogP contribution in [0, 0.1) is 0 Å². The third kappa shape index (κ3) is 5.44. The molecule has 0 atom stereocenters. The van der Waals surface area contributed by atoms with Gasteiger partial charge in [0.1, 0.15) is 0 Å². The fourth-order valence-corrected chi connectivity index (χ4v) is 0.334. The molecular formula is C6H10O2. The Morgan fingerprint density at radius 1 is 1.62 bits per heavy atom. The Kier molecular flexibility index (Phi) is 4.27. The highest BCUT2D eigenvalue weighted by Crippen LogP contribution is 1.92. The summed E-state index contributed by atoms with van der Waals surface area (Å²) in [5, 5.41) is 16.5. The van der Waals surface area contributed by atoms with Crippen molar-refractivity contribution in [3.05, 3.63) is 18.4 Å². The minimum Gasteiger partial charge on any atom is -0.368 e. The smallest absolute Gasteiger partial charge is 0.151 e. The van der Waals surface area contributed by atoms with Gasteiger partial charge in [0.2, 0.25) is 0 Å². The molecule has 0 aliphatic heterocycles. The van der Waals surface area contributed by atoms with Crippen LogP contribution in [-0.2, 0) is 0 Å².